The van der Waals surface area contributed by atoms with Crippen molar-refractivity contribution in [1.82, 2.24) is 0 Å². The quantitative estimate of drug-likeness (QED) is 0.278. The molecule has 0 spiro atoms. The highest BCUT2D eigenvalue weighted by atomic mass is 32.1. The minimum absolute atomic E-state index is 0.0511. The molecule has 0 atom stereocenters. The fourth-order valence-corrected chi connectivity index (χ4v) is 4.45. The Labute approximate surface area is 202 Å². The van der Waals surface area contributed by atoms with Crippen molar-refractivity contribution in [3.05, 3.63) is 74.1 Å². The lowest BCUT2D eigenvalue weighted by Gasteiger charge is -2.07. The number of nitro groups is 1. The van der Waals surface area contributed by atoms with Gasteiger partial charge in [-0.3, -0.25) is 19.7 Å². The van der Waals surface area contributed by atoms with Crippen LogP contribution in [0.15, 0.2) is 42.5 Å². The molecule has 0 fully saturated rings. The number of nitro benzene ring substituents is 1. The number of non-ortho nitro benzene ring substituents is 1. The molecule has 180 valence electrons. The number of hydrogen-bond acceptors (Lipinski definition) is 9. The van der Waals surface area contributed by atoms with Crippen molar-refractivity contribution >= 4 is 45.5 Å². The third-order valence-electron chi connectivity index (χ3n) is 5.01. The number of thiophene rings is 1. The second-order valence-electron chi connectivity index (χ2n) is 7.26. The number of nitrogens with zero attached hydrogens (tertiary/aromatic N) is 1. The first-order valence-electron chi connectivity index (χ1n) is 10.4. The number of ether oxygens (including phenoxy) is 3. The first-order valence-corrected chi connectivity index (χ1v) is 11.2. The maximum absolute atomic E-state index is 13.0. The van der Waals surface area contributed by atoms with E-state index in [2.05, 4.69) is 10.6 Å². The van der Waals surface area contributed by atoms with Gasteiger partial charge in [0.2, 0.25) is 6.79 Å². The number of anilines is 2. The summed E-state index contributed by atoms with van der Waals surface area (Å²) in [5.74, 6) is -0.886. The van der Waals surface area contributed by atoms with Crippen molar-refractivity contribution in [2.45, 2.75) is 13.8 Å². The number of carbonyl (C=O) groups is 3. The molecule has 0 aliphatic carbocycles. The van der Waals surface area contributed by atoms with Gasteiger partial charge in [-0.25, -0.2) is 4.79 Å². The Morgan fingerprint density at radius 3 is 2.60 bits per heavy atom. The number of amides is 2. The third kappa shape index (κ3) is 4.92. The fraction of sp³-hybridized carbons (Fsp3) is 0.174. The normalized spacial score (nSPS) is 11.6. The van der Waals surface area contributed by atoms with E-state index < -0.39 is 22.7 Å². The summed E-state index contributed by atoms with van der Waals surface area (Å²) in [5.41, 5.74) is 0.639. The Hall–Kier alpha value is -4.45. The average molecular weight is 497 g/mol. The van der Waals surface area contributed by atoms with Crippen LogP contribution in [-0.2, 0) is 4.74 Å². The second-order valence-corrected chi connectivity index (χ2v) is 8.29. The van der Waals surface area contributed by atoms with Crippen LogP contribution in [0.2, 0.25) is 0 Å². The van der Waals surface area contributed by atoms with E-state index in [1.807, 2.05) is 0 Å². The van der Waals surface area contributed by atoms with E-state index in [0.717, 1.165) is 11.3 Å². The average Bonchev–Trinajstić information content (AvgIpc) is 3.43. The number of carbonyl (C=O) groups excluding carboxylic acids is 3. The predicted molar refractivity (Wildman–Crippen MR) is 127 cm³/mol. The fourth-order valence-electron chi connectivity index (χ4n) is 3.37. The minimum Gasteiger partial charge on any atom is -0.462 e. The van der Waals surface area contributed by atoms with Gasteiger partial charge in [-0.05, 0) is 43.7 Å². The zero-order valence-electron chi connectivity index (χ0n) is 18.6. The summed E-state index contributed by atoms with van der Waals surface area (Å²) in [6.45, 7) is 3.35. The number of benzene rings is 2. The molecular weight excluding hydrogens is 478 g/mol. The molecule has 11 nitrogen and oxygen atoms in total. The third-order valence-corrected chi connectivity index (χ3v) is 6.22. The molecule has 0 bridgehead atoms. The van der Waals surface area contributed by atoms with Crippen molar-refractivity contribution in [1.29, 1.82) is 0 Å². The molecule has 1 aliphatic rings. The van der Waals surface area contributed by atoms with E-state index in [1.165, 1.54) is 30.3 Å². The SMILES string of the molecule is CCOC(=O)c1c(NC(=O)c2ccc3c(c2)OCO3)sc(C(=O)Nc2cccc([N+](=O)[O-])c2)c1C. The molecule has 2 N–H and O–H groups in total. The highest BCUT2D eigenvalue weighted by Gasteiger charge is 2.27. The van der Waals surface area contributed by atoms with Gasteiger partial charge in [0.1, 0.15) is 5.00 Å². The Morgan fingerprint density at radius 1 is 1.09 bits per heavy atom. The lowest BCUT2D eigenvalue weighted by molar-refractivity contribution is -0.384. The van der Waals surface area contributed by atoms with Crippen LogP contribution in [-0.4, -0.2) is 36.1 Å². The zero-order chi connectivity index (χ0) is 25.1. The van der Waals surface area contributed by atoms with E-state index in [4.69, 9.17) is 14.2 Å². The molecule has 1 aromatic heterocycles. The molecule has 1 aliphatic heterocycles. The van der Waals surface area contributed by atoms with Gasteiger partial charge in [-0.1, -0.05) is 6.07 Å². The number of fused-ring (bicyclic) bond motifs is 1. The summed E-state index contributed by atoms with van der Waals surface area (Å²) in [7, 11) is 0. The smallest absolute Gasteiger partial charge is 0.341 e. The van der Waals surface area contributed by atoms with Crippen LogP contribution in [0, 0.1) is 17.0 Å². The Balaban J connectivity index is 1.63. The molecule has 0 saturated heterocycles. The maximum atomic E-state index is 13.0. The molecule has 2 aromatic carbocycles. The summed E-state index contributed by atoms with van der Waals surface area (Å²) in [6.07, 6.45) is 0. The summed E-state index contributed by atoms with van der Waals surface area (Å²) in [5, 5.41) is 16.4. The van der Waals surface area contributed by atoms with Crippen LogP contribution < -0.4 is 20.1 Å². The second kappa shape index (κ2) is 9.81. The zero-order valence-corrected chi connectivity index (χ0v) is 19.4. The van der Waals surface area contributed by atoms with E-state index in [0.29, 0.717) is 17.1 Å². The van der Waals surface area contributed by atoms with E-state index in [-0.39, 0.29) is 45.8 Å². The van der Waals surface area contributed by atoms with Gasteiger partial charge < -0.3 is 24.8 Å². The minimum atomic E-state index is -0.698. The molecule has 35 heavy (non-hydrogen) atoms. The van der Waals surface area contributed by atoms with E-state index in [9.17, 15) is 24.5 Å². The van der Waals surface area contributed by atoms with Crippen LogP contribution in [0.4, 0.5) is 16.4 Å². The van der Waals surface area contributed by atoms with Crippen molar-refractivity contribution in [2.24, 2.45) is 0 Å². The van der Waals surface area contributed by atoms with Gasteiger partial charge in [0.25, 0.3) is 17.5 Å². The number of nitrogens with one attached hydrogen (secondary N) is 2. The van der Waals surface area contributed by atoms with Gasteiger partial charge in [0, 0.05) is 23.4 Å². The lowest BCUT2D eigenvalue weighted by Crippen LogP contribution is -2.15. The summed E-state index contributed by atoms with van der Waals surface area (Å²) < 4.78 is 15.7. The highest BCUT2D eigenvalue weighted by Crippen LogP contribution is 2.36. The van der Waals surface area contributed by atoms with Gasteiger partial charge in [0.05, 0.1) is 22.0 Å². The summed E-state index contributed by atoms with van der Waals surface area (Å²) >= 11 is 0.892. The standard InChI is InChI=1S/C23H19N3O8S/c1-3-32-23(29)18-12(2)19(21(28)24-14-5-4-6-15(10-14)26(30)31)35-22(18)25-20(27)13-7-8-16-17(9-13)34-11-33-16/h4-10H,3,11H2,1-2H3,(H,24,28)(H,25,27). The van der Waals surface area contributed by atoms with Crippen molar-refractivity contribution in [3.8, 4) is 11.5 Å². The largest absolute Gasteiger partial charge is 0.462 e. The van der Waals surface area contributed by atoms with Crippen molar-refractivity contribution in [3.63, 3.8) is 0 Å². The number of hydrogen-bond donors (Lipinski definition) is 2. The summed E-state index contributed by atoms with van der Waals surface area (Å²) in [4.78, 5) is 49.1. The lowest BCUT2D eigenvalue weighted by atomic mass is 10.1. The van der Waals surface area contributed by atoms with Crippen LogP contribution >= 0.6 is 11.3 Å². The maximum Gasteiger partial charge on any atom is 0.341 e. The predicted octanol–water partition coefficient (Wildman–Crippen LogP) is 4.37. The Morgan fingerprint density at radius 2 is 1.86 bits per heavy atom. The first kappa shape index (κ1) is 23.7. The molecule has 2 heterocycles. The van der Waals surface area contributed by atoms with Crippen LogP contribution in [0.5, 0.6) is 11.5 Å². The summed E-state index contributed by atoms with van der Waals surface area (Å²) in [6, 6.07) is 10.1. The molecule has 12 heteroatoms. The number of rotatable bonds is 7. The first-order chi connectivity index (χ1) is 16.8. The van der Waals surface area contributed by atoms with E-state index >= 15 is 0 Å². The van der Waals surface area contributed by atoms with Gasteiger partial charge in [-0.15, -0.1) is 11.3 Å². The molecule has 0 saturated carbocycles. The molecule has 3 aromatic rings. The van der Waals surface area contributed by atoms with Crippen LogP contribution in [0.3, 0.4) is 0 Å². The van der Waals surface area contributed by atoms with Gasteiger partial charge in [0.15, 0.2) is 11.5 Å². The van der Waals surface area contributed by atoms with E-state index in [1.54, 1.807) is 26.0 Å². The Kier molecular flexibility index (Phi) is 6.64. The van der Waals surface area contributed by atoms with Crippen molar-refractivity contribution < 1.29 is 33.5 Å². The Bertz CT molecular complexity index is 1350. The topological polar surface area (TPSA) is 146 Å². The molecular formula is C23H19N3O8S. The van der Waals surface area contributed by atoms with Crippen LogP contribution in [0.1, 0.15) is 42.9 Å². The van der Waals surface area contributed by atoms with Crippen LogP contribution in [0.25, 0.3) is 0 Å². The van der Waals surface area contributed by atoms with Gasteiger partial charge in [-0.2, -0.15) is 0 Å². The highest BCUT2D eigenvalue weighted by molar-refractivity contribution is 7.19. The van der Waals surface area contributed by atoms with Gasteiger partial charge >= 0.3 is 5.97 Å². The molecule has 0 radical (unpaired) electrons. The molecule has 4 rings (SSSR count). The molecule has 2 amide bonds. The monoisotopic (exact) mass is 497 g/mol. The number of esters is 1. The molecule has 0 unspecified atom stereocenters. The van der Waals surface area contributed by atoms with Crippen molar-refractivity contribution in [2.75, 3.05) is 24.0 Å².